The summed E-state index contributed by atoms with van der Waals surface area (Å²) in [5.74, 6) is 1.42. The van der Waals surface area contributed by atoms with Crippen LogP contribution in [0.25, 0.3) is 10.9 Å². The summed E-state index contributed by atoms with van der Waals surface area (Å²) in [6.07, 6.45) is 1.09. The first-order chi connectivity index (χ1) is 13.7. The molecule has 4 rings (SSSR count). The number of hydrogen-bond donors (Lipinski definition) is 3. The van der Waals surface area contributed by atoms with Gasteiger partial charge in [-0.1, -0.05) is 19.1 Å². The Morgan fingerprint density at radius 2 is 2.11 bits per heavy atom. The van der Waals surface area contributed by atoms with E-state index in [4.69, 9.17) is 10.7 Å². The zero-order valence-corrected chi connectivity index (χ0v) is 15.8. The first kappa shape index (κ1) is 18.0. The van der Waals surface area contributed by atoms with E-state index in [9.17, 15) is 5.26 Å². The number of likely N-dealkylation sites (N-methyl/N-ethyl adjacent to an activating group) is 1. The Bertz CT molecular complexity index is 1040. The van der Waals surface area contributed by atoms with Crippen molar-refractivity contribution in [2.75, 3.05) is 35.6 Å². The number of nitriles is 1. The fourth-order valence-corrected chi connectivity index (χ4v) is 3.68. The van der Waals surface area contributed by atoms with Crippen LogP contribution in [0.5, 0.6) is 0 Å². The van der Waals surface area contributed by atoms with Gasteiger partial charge in [0, 0.05) is 35.9 Å². The van der Waals surface area contributed by atoms with Gasteiger partial charge < -0.3 is 21.3 Å². The van der Waals surface area contributed by atoms with Gasteiger partial charge in [0.05, 0.1) is 17.1 Å². The number of aromatic nitrogens is 2. The first-order valence-corrected chi connectivity index (χ1v) is 9.49. The molecule has 2 heterocycles. The molecule has 3 aromatic rings. The van der Waals surface area contributed by atoms with Crippen molar-refractivity contribution in [1.82, 2.24) is 15.3 Å². The second kappa shape index (κ2) is 7.71. The van der Waals surface area contributed by atoms with Gasteiger partial charge in [0.2, 0.25) is 5.95 Å². The summed E-state index contributed by atoms with van der Waals surface area (Å²) >= 11 is 0. The number of nitrogens with zero attached hydrogens (tertiary/aromatic N) is 4. The first-order valence-electron chi connectivity index (χ1n) is 9.49. The molecule has 1 aromatic heterocycles. The molecule has 28 heavy (non-hydrogen) atoms. The third-order valence-electron chi connectivity index (χ3n) is 4.90. The Hall–Kier alpha value is -3.37. The lowest BCUT2D eigenvalue weighted by Gasteiger charge is -2.20. The van der Waals surface area contributed by atoms with E-state index in [0.29, 0.717) is 28.9 Å². The molecule has 142 valence electrons. The van der Waals surface area contributed by atoms with Gasteiger partial charge in [-0.25, -0.2) is 4.98 Å². The molecule has 2 aromatic carbocycles. The molecular formula is C21H23N7. The number of rotatable bonds is 5. The monoisotopic (exact) mass is 373 g/mol. The summed E-state index contributed by atoms with van der Waals surface area (Å²) in [6, 6.07) is 15.8. The van der Waals surface area contributed by atoms with Crippen molar-refractivity contribution in [3.8, 4) is 6.07 Å². The van der Waals surface area contributed by atoms with E-state index in [1.807, 2.05) is 18.2 Å². The van der Waals surface area contributed by atoms with E-state index >= 15 is 0 Å². The van der Waals surface area contributed by atoms with Crippen molar-refractivity contribution in [3.05, 3.63) is 48.0 Å². The average molecular weight is 373 g/mol. The van der Waals surface area contributed by atoms with Crippen LogP contribution in [0.3, 0.4) is 0 Å². The molecule has 1 aliphatic rings. The minimum absolute atomic E-state index is 0.474. The zero-order valence-electron chi connectivity index (χ0n) is 15.8. The van der Waals surface area contributed by atoms with Crippen molar-refractivity contribution in [3.63, 3.8) is 0 Å². The number of nitrogens with one attached hydrogen (secondary N) is 2. The largest absolute Gasteiger partial charge is 0.399 e. The Labute approximate surface area is 164 Å². The summed E-state index contributed by atoms with van der Waals surface area (Å²) in [7, 11) is 0. The molecule has 1 fully saturated rings. The fraction of sp³-hybridized carbons (Fsp3) is 0.286. The van der Waals surface area contributed by atoms with Crippen molar-refractivity contribution >= 4 is 34.0 Å². The molecule has 1 unspecified atom stereocenters. The Balaban J connectivity index is 1.71. The molecule has 0 radical (unpaired) electrons. The number of nitrogen functional groups attached to an aromatic ring is 1. The van der Waals surface area contributed by atoms with E-state index in [1.54, 1.807) is 18.2 Å². The predicted molar refractivity (Wildman–Crippen MR) is 113 cm³/mol. The number of nitrogens with two attached hydrogens (primary N) is 1. The molecular weight excluding hydrogens is 350 g/mol. The van der Waals surface area contributed by atoms with Crippen LogP contribution in [0.4, 0.5) is 23.1 Å². The molecule has 0 amide bonds. The number of benzene rings is 2. The van der Waals surface area contributed by atoms with Crippen molar-refractivity contribution in [1.29, 1.82) is 5.26 Å². The summed E-state index contributed by atoms with van der Waals surface area (Å²) in [4.78, 5) is 11.8. The maximum Gasteiger partial charge on any atom is 0.229 e. The molecule has 7 heteroatoms. The molecule has 0 saturated carbocycles. The molecule has 0 aliphatic carbocycles. The highest BCUT2D eigenvalue weighted by atomic mass is 15.3. The Morgan fingerprint density at radius 1 is 1.25 bits per heavy atom. The van der Waals surface area contributed by atoms with Crippen molar-refractivity contribution in [2.45, 2.75) is 19.4 Å². The predicted octanol–water partition coefficient (Wildman–Crippen LogP) is 3.02. The van der Waals surface area contributed by atoms with E-state index in [-0.39, 0.29) is 0 Å². The Morgan fingerprint density at radius 3 is 2.93 bits per heavy atom. The molecule has 1 atom stereocenters. The van der Waals surface area contributed by atoms with Crippen LogP contribution in [0, 0.1) is 11.3 Å². The highest BCUT2D eigenvalue weighted by molar-refractivity contribution is 5.91. The topological polar surface area (TPSA) is 103 Å². The van der Waals surface area contributed by atoms with Crippen LogP contribution in [0.2, 0.25) is 0 Å². The van der Waals surface area contributed by atoms with Crippen LogP contribution >= 0.6 is 0 Å². The summed E-state index contributed by atoms with van der Waals surface area (Å²) in [5.41, 5.74) is 8.51. The van der Waals surface area contributed by atoms with Crippen LogP contribution in [-0.4, -0.2) is 35.6 Å². The zero-order chi connectivity index (χ0) is 19.5. The second-order valence-electron chi connectivity index (χ2n) is 6.96. The molecule has 4 N–H and O–H groups in total. The molecule has 1 saturated heterocycles. The lowest BCUT2D eigenvalue weighted by molar-refractivity contribution is 0.571. The highest BCUT2D eigenvalue weighted by Crippen LogP contribution is 2.29. The third-order valence-corrected chi connectivity index (χ3v) is 4.90. The fourth-order valence-electron chi connectivity index (χ4n) is 3.68. The molecule has 1 aliphatic heterocycles. The lowest BCUT2D eigenvalue weighted by atomic mass is 10.2. The SMILES string of the molecule is CCNC1CCN(c2nc(Nc3cc(N)cc(C#N)c3)nc3ccccc23)C1. The minimum Gasteiger partial charge on any atom is -0.399 e. The maximum atomic E-state index is 9.17. The molecule has 0 spiro atoms. The van der Waals surface area contributed by atoms with Gasteiger partial charge in [-0.05, 0) is 43.3 Å². The van der Waals surface area contributed by atoms with E-state index < -0.39 is 0 Å². The third kappa shape index (κ3) is 3.68. The van der Waals surface area contributed by atoms with Crippen molar-refractivity contribution in [2.24, 2.45) is 0 Å². The van der Waals surface area contributed by atoms with Gasteiger partial charge in [-0.15, -0.1) is 0 Å². The van der Waals surface area contributed by atoms with Gasteiger partial charge in [0.25, 0.3) is 0 Å². The van der Waals surface area contributed by atoms with E-state index in [1.165, 1.54) is 0 Å². The van der Waals surface area contributed by atoms with Crippen LogP contribution in [0.1, 0.15) is 18.9 Å². The van der Waals surface area contributed by atoms with Gasteiger partial charge in [-0.2, -0.15) is 10.2 Å². The standard InChI is InChI=1S/C21H23N7/c1-2-24-16-7-8-28(13-16)20-18-5-3-4-6-19(18)26-21(27-20)25-17-10-14(12-22)9-15(23)11-17/h3-6,9-11,16,24H,2,7-8,13,23H2,1H3,(H,25,26,27). The van der Waals surface area contributed by atoms with Crippen LogP contribution in [0.15, 0.2) is 42.5 Å². The summed E-state index contributed by atoms with van der Waals surface area (Å²) < 4.78 is 0. The van der Waals surface area contributed by atoms with Crippen molar-refractivity contribution < 1.29 is 0 Å². The van der Waals surface area contributed by atoms with E-state index in [2.05, 4.69) is 39.6 Å². The number of para-hydroxylation sites is 1. The normalized spacial score (nSPS) is 16.3. The lowest BCUT2D eigenvalue weighted by Crippen LogP contribution is -2.32. The Kier molecular flexibility index (Phi) is 4.96. The quantitative estimate of drug-likeness (QED) is 0.591. The van der Waals surface area contributed by atoms with Gasteiger partial charge >= 0.3 is 0 Å². The maximum absolute atomic E-state index is 9.17. The van der Waals surface area contributed by atoms with E-state index in [0.717, 1.165) is 42.8 Å². The summed E-state index contributed by atoms with van der Waals surface area (Å²) in [5, 5.41) is 16.9. The number of fused-ring (bicyclic) bond motifs is 1. The van der Waals surface area contributed by atoms with Gasteiger partial charge in [0.15, 0.2) is 0 Å². The average Bonchev–Trinajstić information content (AvgIpc) is 3.15. The number of hydrogen-bond acceptors (Lipinski definition) is 7. The van der Waals surface area contributed by atoms with Crippen LogP contribution < -0.4 is 21.3 Å². The molecule has 7 nitrogen and oxygen atoms in total. The smallest absolute Gasteiger partial charge is 0.229 e. The minimum atomic E-state index is 0.474. The van der Waals surface area contributed by atoms with Gasteiger partial charge in [0.1, 0.15) is 5.82 Å². The number of anilines is 4. The van der Waals surface area contributed by atoms with Gasteiger partial charge in [-0.3, -0.25) is 0 Å². The van der Waals surface area contributed by atoms with Crippen LogP contribution in [-0.2, 0) is 0 Å². The second-order valence-corrected chi connectivity index (χ2v) is 6.96. The highest BCUT2D eigenvalue weighted by Gasteiger charge is 2.24. The molecule has 0 bridgehead atoms. The summed E-state index contributed by atoms with van der Waals surface area (Å²) in [6.45, 7) is 4.97.